The zero-order valence-corrected chi connectivity index (χ0v) is 23.6. The maximum absolute atomic E-state index is 11.9. The van der Waals surface area contributed by atoms with E-state index in [4.69, 9.17) is 19.4 Å². The van der Waals surface area contributed by atoms with Crippen LogP contribution < -0.4 is 14.7 Å². The van der Waals surface area contributed by atoms with Crippen LogP contribution in [0.15, 0.2) is 36.7 Å². The van der Waals surface area contributed by atoms with E-state index in [-0.39, 0.29) is 6.61 Å². The molecule has 0 atom stereocenters. The zero-order valence-electron chi connectivity index (χ0n) is 22.7. The summed E-state index contributed by atoms with van der Waals surface area (Å²) in [5, 5.41) is 9.64. The van der Waals surface area contributed by atoms with Crippen LogP contribution in [0.2, 0.25) is 0 Å². The molecule has 0 bridgehead atoms. The predicted molar refractivity (Wildman–Crippen MR) is 155 cm³/mol. The summed E-state index contributed by atoms with van der Waals surface area (Å²) in [6.07, 6.45) is 2.60. The van der Waals surface area contributed by atoms with Gasteiger partial charge in [0, 0.05) is 49.5 Å². The Hall–Kier alpha value is -4.36. The van der Waals surface area contributed by atoms with Crippen LogP contribution in [0.3, 0.4) is 0 Å². The van der Waals surface area contributed by atoms with Crippen LogP contribution in [0.1, 0.15) is 27.7 Å². The van der Waals surface area contributed by atoms with Crippen molar-refractivity contribution in [1.82, 2.24) is 19.9 Å². The van der Waals surface area contributed by atoms with Crippen molar-refractivity contribution in [2.24, 2.45) is 0 Å². The molecular formula is C28H29N7O5S. The predicted octanol–water partition coefficient (Wildman–Crippen LogP) is 3.84. The van der Waals surface area contributed by atoms with Crippen LogP contribution >= 0.6 is 11.3 Å². The van der Waals surface area contributed by atoms with E-state index in [1.165, 1.54) is 17.3 Å². The lowest BCUT2D eigenvalue weighted by Crippen LogP contribution is -2.36. The number of anilines is 3. The van der Waals surface area contributed by atoms with Crippen LogP contribution in [-0.2, 0) is 22.4 Å². The van der Waals surface area contributed by atoms with Crippen LogP contribution in [0, 0.1) is 0 Å². The summed E-state index contributed by atoms with van der Waals surface area (Å²) in [5.41, 5.74) is 3.62. The first kappa shape index (κ1) is 26.8. The van der Waals surface area contributed by atoms with Crippen molar-refractivity contribution in [1.29, 1.82) is 0 Å². The molecule has 0 saturated carbocycles. The van der Waals surface area contributed by atoms with Crippen molar-refractivity contribution in [3.8, 4) is 11.4 Å². The number of amides is 1. The number of ether oxygens (including phenoxy) is 2. The lowest BCUT2D eigenvalue weighted by Gasteiger charge is -2.28. The molecule has 6 rings (SSSR count). The maximum Gasteiger partial charge on any atom is 0.411 e. The average Bonchev–Trinajstić information content (AvgIpc) is 3.61. The Morgan fingerprint density at radius 3 is 2.66 bits per heavy atom. The normalized spacial score (nSPS) is 14.8. The molecule has 1 N–H and O–H groups in total. The molecule has 1 fully saturated rings. The number of fused-ring (bicyclic) bond motifs is 2. The molecule has 1 aromatic carbocycles. The van der Waals surface area contributed by atoms with Gasteiger partial charge in [-0.25, -0.2) is 29.5 Å². The number of esters is 1. The Bertz CT molecular complexity index is 1600. The second kappa shape index (κ2) is 11.3. The molecule has 12 nitrogen and oxygen atoms in total. The highest BCUT2D eigenvalue weighted by molar-refractivity contribution is 7.19. The third-order valence-corrected chi connectivity index (χ3v) is 8.20. The lowest BCUT2D eigenvalue weighted by molar-refractivity contribution is 0.0525. The van der Waals surface area contributed by atoms with Gasteiger partial charge < -0.3 is 24.4 Å². The average molecular weight is 576 g/mol. The molecule has 1 saturated heterocycles. The quantitative estimate of drug-likeness (QED) is 0.322. The van der Waals surface area contributed by atoms with E-state index in [0.717, 1.165) is 45.1 Å². The highest BCUT2D eigenvalue weighted by atomic mass is 32.1. The van der Waals surface area contributed by atoms with Crippen molar-refractivity contribution in [3.05, 3.63) is 52.7 Å². The highest BCUT2D eigenvalue weighted by Gasteiger charge is 2.28. The van der Waals surface area contributed by atoms with Crippen LogP contribution in [-0.4, -0.2) is 83.6 Å². The minimum atomic E-state index is -0.961. The molecule has 0 unspecified atom stereocenters. The van der Waals surface area contributed by atoms with Gasteiger partial charge in [0.1, 0.15) is 0 Å². The van der Waals surface area contributed by atoms with Gasteiger partial charge in [0.25, 0.3) is 0 Å². The molecule has 0 aliphatic carbocycles. The van der Waals surface area contributed by atoms with E-state index < -0.39 is 12.1 Å². The molecule has 1 amide bonds. The minimum Gasteiger partial charge on any atom is -0.465 e. The largest absolute Gasteiger partial charge is 0.465 e. The maximum atomic E-state index is 11.9. The van der Waals surface area contributed by atoms with Crippen LogP contribution in [0.5, 0.6) is 0 Å². The van der Waals surface area contributed by atoms with Crippen molar-refractivity contribution >= 4 is 51.1 Å². The van der Waals surface area contributed by atoms with Gasteiger partial charge in [-0.3, -0.25) is 4.90 Å². The standard InChI is InChI=1S/C28H29N7O5S/c1-3-40-26(36)17-14-29-27(30-15-17)33(2)16-18-13-21-23(41-18)25(34-9-11-39-12-10-34)32-24(31-21)20-5-4-6-22-19(20)7-8-35(22)28(37)38/h4-6,13-15H,3,7-12,16H2,1-2H3,(H,37,38). The van der Waals surface area contributed by atoms with Gasteiger partial charge in [-0.2, -0.15) is 0 Å². The summed E-state index contributed by atoms with van der Waals surface area (Å²) >= 11 is 1.62. The summed E-state index contributed by atoms with van der Waals surface area (Å²) in [7, 11) is 1.89. The zero-order chi connectivity index (χ0) is 28.5. The lowest BCUT2D eigenvalue weighted by atomic mass is 10.0. The van der Waals surface area contributed by atoms with E-state index in [1.807, 2.05) is 30.1 Å². The van der Waals surface area contributed by atoms with Crippen LogP contribution in [0.25, 0.3) is 21.6 Å². The number of aromatic nitrogens is 4. The fraction of sp³-hybridized carbons (Fsp3) is 0.357. The molecule has 3 aromatic heterocycles. The number of hydrogen-bond acceptors (Lipinski definition) is 11. The molecule has 2 aliphatic rings. The number of nitrogens with zero attached hydrogens (tertiary/aromatic N) is 7. The van der Waals surface area contributed by atoms with Gasteiger partial charge in [0.05, 0.1) is 47.8 Å². The Morgan fingerprint density at radius 1 is 1.15 bits per heavy atom. The third kappa shape index (κ3) is 5.25. The topological polar surface area (TPSA) is 134 Å². The first-order chi connectivity index (χ1) is 19.9. The van der Waals surface area contributed by atoms with Gasteiger partial charge >= 0.3 is 12.1 Å². The van der Waals surface area contributed by atoms with Gasteiger partial charge in [-0.1, -0.05) is 12.1 Å². The Kier molecular flexibility index (Phi) is 7.37. The third-order valence-electron chi connectivity index (χ3n) is 7.10. The fourth-order valence-corrected chi connectivity index (χ4v) is 6.30. The SMILES string of the molecule is CCOC(=O)c1cnc(N(C)Cc2cc3nc(-c4cccc5c4CCN5C(=O)O)nc(N4CCOCC4)c3s2)nc1. The number of carbonyl (C=O) groups excluding carboxylic acids is 1. The number of thiophene rings is 1. The Balaban J connectivity index is 1.35. The van der Waals surface area contributed by atoms with Crippen molar-refractivity contribution in [3.63, 3.8) is 0 Å². The monoisotopic (exact) mass is 575 g/mol. The van der Waals surface area contributed by atoms with Gasteiger partial charge in [-0.05, 0) is 31.0 Å². The Morgan fingerprint density at radius 2 is 1.93 bits per heavy atom. The van der Waals surface area contributed by atoms with Crippen molar-refractivity contribution in [2.75, 3.05) is 61.2 Å². The van der Waals surface area contributed by atoms with E-state index in [9.17, 15) is 14.7 Å². The van der Waals surface area contributed by atoms with Gasteiger partial charge in [0.2, 0.25) is 5.95 Å². The number of hydrogen-bond donors (Lipinski definition) is 1. The summed E-state index contributed by atoms with van der Waals surface area (Å²) in [4.78, 5) is 49.0. The molecule has 5 heterocycles. The van der Waals surface area contributed by atoms with Gasteiger partial charge in [0.15, 0.2) is 11.6 Å². The van der Waals surface area contributed by atoms with Crippen molar-refractivity contribution in [2.45, 2.75) is 19.9 Å². The second-order valence-electron chi connectivity index (χ2n) is 9.73. The van der Waals surface area contributed by atoms with E-state index >= 15 is 0 Å². The van der Waals surface area contributed by atoms with Crippen LogP contribution in [0.4, 0.5) is 22.2 Å². The summed E-state index contributed by atoms with van der Waals surface area (Å²) in [6, 6.07) is 7.72. The molecule has 212 valence electrons. The molecule has 2 aliphatic heterocycles. The van der Waals surface area contributed by atoms with E-state index in [1.54, 1.807) is 18.3 Å². The second-order valence-corrected chi connectivity index (χ2v) is 10.9. The number of benzene rings is 1. The molecular weight excluding hydrogens is 546 g/mol. The first-order valence-corrected chi connectivity index (χ1v) is 14.2. The fourth-order valence-electron chi connectivity index (χ4n) is 5.14. The van der Waals surface area contributed by atoms with Crippen molar-refractivity contribution < 1.29 is 24.2 Å². The summed E-state index contributed by atoms with van der Waals surface area (Å²) < 4.78 is 11.6. The number of morpholine rings is 1. The highest BCUT2D eigenvalue weighted by Crippen LogP contribution is 2.39. The minimum absolute atomic E-state index is 0.289. The van der Waals surface area contributed by atoms with E-state index in [0.29, 0.717) is 55.7 Å². The number of rotatable bonds is 7. The smallest absolute Gasteiger partial charge is 0.411 e. The van der Waals surface area contributed by atoms with E-state index in [2.05, 4.69) is 20.9 Å². The molecule has 4 aromatic rings. The summed E-state index contributed by atoms with van der Waals surface area (Å²) in [6.45, 7) is 5.67. The molecule has 41 heavy (non-hydrogen) atoms. The number of carbonyl (C=O) groups is 2. The van der Waals surface area contributed by atoms with Gasteiger partial charge in [-0.15, -0.1) is 11.3 Å². The summed E-state index contributed by atoms with van der Waals surface area (Å²) in [5.74, 6) is 1.47. The molecule has 0 spiro atoms. The first-order valence-electron chi connectivity index (χ1n) is 13.4. The number of carboxylic acid groups (broad SMARTS) is 1. The Labute approximate surface area is 240 Å². The molecule has 13 heteroatoms. The molecule has 0 radical (unpaired) electrons.